The zero-order valence-corrected chi connectivity index (χ0v) is 13.3. The standard InChI is InChI=1S/C16H16ClN5O/c1-23-15-14(12-3-2-4-13(17)8-12)7-11(5-6-21-15)9-20-10-22-16(18)19/h2-4,7-8,10-11H,9H2,1H3,(H4,18,19,20,22). The van der Waals surface area contributed by atoms with Crippen molar-refractivity contribution >= 4 is 35.4 Å². The van der Waals surface area contributed by atoms with Crippen LogP contribution in [0.3, 0.4) is 0 Å². The minimum Gasteiger partial charge on any atom is -0.480 e. The number of benzene rings is 1. The minimum atomic E-state index is -0.147. The lowest BCUT2D eigenvalue weighted by atomic mass is 10.0. The van der Waals surface area contributed by atoms with Crippen LogP contribution in [0, 0.1) is 17.9 Å². The van der Waals surface area contributed by atoms with E-state index in [1.54, 1.807) is 13.2 Å². The first-order chi connectivity index (χ1) is 11.1. The summed E-state index contributed by atoms with van der Waals surface area (Å²) in [4.78, 5) is 12.0. The highest BCUT2D eigenvalue weighted by atomic mass is 35.5. The first-order valence-electron chi connectivity index (χ1n) is 6.77. The van der Waals surface area contributed by atoms with Crippen molar-refractivity contribution in [2.75, 3.05) is 13.7 Å². The summed E-state index contributed by atoms with van der Waals surface area (Å²) in [5.74, 6) is 3.25. The van der Waals surface area contributed by atoms with Gasteiger partial charge in [-0.25, -0.2) is 4.99 Å². The first kappa shape index (κ1) is 16.6. The quantitative estimate of drug-likeness (QED) is 0.499. The Morgan fingerprint density at radius 1 is 1.48 bits per heavy atom. The lowest BCUT2D eigenvalue weighted by Crippen LogP contribution is -2.22. The van der Waals surface area contributed by atoms with Crippen LogP contribution in [0.1, 0.15) is 5.56 Å². The van der Waals surface area contributed by atoms with Crippen LogP contribution in [0.5, 0.6) is 0 Å². The van der Waals surface area contributed by atoms with E-state index < -0.39 is 0 Å². The van der Waals surface area contributed by atoms with Crippen LogP contribution in [0.2, 0.25) is 5.02 Å². The Hall–Kier alpha value is -2.78. The second-order valence-electron chi connectivity index (χ2n) is 4.61. The molecule has 1 heterocycles. The summed E-state index contributed by atoms with van der Waals surface area (Å²) < 4.78 is 5.33. The Bertz CT molecular complexity index is 751. The molecule has 0 bridgehead atoms. The van der Waals surface area contributed by atoms with Crippen molar-refractivity contribution in [1.29, 1.82) is 0 Å². The van der Waals surface area contributed by atoms with Gasteiger partial charge in [0.1, 0.15) is 6.34 Å². The lowest BCUT2D eigenvalue weighted by Gasteiger charge is -2.10. The van der Waals surface area contributed by atoms with Gasteiger partial charge in [0, 0.05) is 16.6 Å². The summed E-state index contributed by atoms with van der Waals surface area (Å²) in [6, 6.07) is 10.2. The van der Waals surface area contributed by atoms with Crippen LogP contribution >= 0.6 is 11.6 Å². The largest absolute Gasteiger partial charge is 0.480 e. The van der Waals surface area contributed by atoms with Crippen molar-refractivity contribution in [3.05, 3.63) is 40.9 Å². The molecule has 7 heteroatoms. The molecule has 0 spiro atoms. The van der Waals surface area contributed by atoms with Crippen LogP contribution in [0.4, 0.5) is 0 Å². The van der Waals surface area contributed by atoms with Gasteiger partial charge in [0.15, 0.2) is 5.96 Å². The topological polar surface area (TPSA) is 98.3 Å². The third kappa shape index (κ3) is 4.87. The molecule has 0 aromatic heterocycles. The predicted molar refractivity (Wildman–Crippen MR) is 94.3 cm³/mol. The molecule has 0 radical (unpaired) electrons. The fourth-order valence-electron chi connectivity index (χ4n) is 1.94. The van der Waals surface area contributed by atoms with Crippen LogP contribution in [0.25, 0.3) is 5.57 Å². The SMILES string of the molecule is COC1=NC#CC(CN=CN=C(N)N)C=C1c1cccc(Cl)c1. The molecule has 6 nitrogen and oxygen atoms in total. The molecule has 1 unspecified atom stereocenters. The van der Waals surface area contributed by atoms with E-state index in [-0.39, 0.29) is 11.9 Å². The molecular formula is C16H16ClN5O. The van der Waals surface area contributed by atoms with Gasteiger partial charge in [-0.1, -0.05) is 35.7 Å². The van der Waals surface area contributed by atoms with E-state index in [9.17, 15) is 0 Å². The third-order valence-electron chi connectivity index (χ3n) is 2.93. The second kappa shape index (κ2) is 8.01. The normalized spacial score (nSPS) is 16.7. The summed E-state index contributed by atoms with van der Waals surface area (Å²) in [6.07, 6.45) is 3.26. The Labute approximate surface area is 139 Å². The molecular weight excluding hydrogens is 314 g/mol. The molecule has 0 aliphatic carbocycles. The van der Waals surface area contributed by atoms with E-state index in [4.69, 9.17) is 27.8 Å². The van der Waals surface area contributed by atoms with E-state index in [0.29, 0.717) is 17.5 Å². The summed E-state index contributed by atoms with van der Waals surface area (Å²) in [5, 5.41) is 0.631. The van der Waals surface area contributed by atoms with Gasteiger partial charge in [0.2, 0.25) is 5.90 Å². The van der Waals surface area contributed by atoms with E-state index in [1.165, 1.54) is 6.34 Å². The molecule has 1 atom stereocenters. The average molecular weight is 330 g/mol. The van der Waals surface area contributed by atoms with Crippen molar-refractivity contribution in [3.8, 4) is 12.0 Å². The predicted octanol–water partition coefficient (Wildman–Crippen LogP) is 1.66. The number of guanidine groups is 1. The van der Waals surface area contributed by atoms with Gasteiger partial charge < -0.3 is 16.2 Å². The summed E-state index contributed by atoms with van der Waals surface area (Å²) in [5.41, 5.74) is 12.2. The molecule has 0 amide bonds. The van der Waals surface area contributed by atoms with Gasteiger partial charge in [-0.05, 0) is 17.7 Å². The average Bonchev–Trinajstić information content (AvgIpc) is 2.73. The fourth-order valence-corrected chi connectivity index (χ4v) is 2.13. The number of nitrogens with zero attached hydrogens (tertiary/aromatic N) is 3. The number of nitrogens with two attached hydrogens (primary N) is 2. The van der Waals surface area contributed by atoms with Crippen LogP contribution in [-0.2, 0) is 4.74 Å². The molecule has 4 N–H and O–H groups in total. The van der Waals surface area contributed by atoms with E-state index in [1.807, 2.05) is 24.3 Å². The highest BCUT2D eigenvalue weighted by Crippen LogP contribution is 2.23. The summed E-state index contributed by atoms with van der Waals surface area (Å²) in [7, 11) is 1.55. The van der Waals surface area contributed by atoms with Gasteiger partial charge in [0.25, 0.3) is 0 Å². The zero-order chi connectivity index (χ0) is 16.7. The van der Waals surface area contributed by atoms with E-state index in [2.05, 4.69) is 26.9 Å². The van der Waals surface area contributed by atoms with Crippen molar-refractivity contribution in [2.24, 2.45) is 32.4 Å². The van der Waals surface area contributed by atoms with Gasteiger partial charge in [-0.3, -0.25) is 4.99 Å². The maximum atomic E-state index is 6.06. The molecule has 0 saturated carbocycles. The van der Waals surface area contributed by atoms with Gasteiger partial charge >= 0.3 is 0 Å². The molecule has 118 valence electrons. The Balaban J connectivity index is 2.28. The zero-order valence-electron chi connectivity index (χ0n) is 12.5. The van der Waals surface area contributed by atoms with Gasteiger partial charge in [-0.2, -0.15) is 4.99 Å². The third-order valence-corrected chi connectivity index (χ3v) is 3.16. The van der Waals surface area contributed by atoms with Crippen molar-refractivity contribution in [3.63, 3.8) is 0 Å². The number of hydrogen-bond acceptors (Lipinski definition) is 3. The highest BCUT2D eigenvalue weighted by molar-refractivity contribution is 6.31. The Kier molecular flexibility index (Phi) is 5.78. The molecule has 1 aromatic carbocycles. The van der Waals surface area contributed by atoms with Crippen LogP contribution < -0.4 is 11.5 Å². The number of methoxy groups -OCH3 is 1. The number of hydrogen-bond donors (Lipinski definition) is 2. The molecule has 1 aromatic rings. The maximum Gasteiger partial charge on any atom is 0.229 e. The van der Waals surface area contributed by atoms with E-state index in [0.717, 1.165) is 11.1 Å². The smallest absolute Gasteiger partial charge is 0.229 e. The molecule has 0 fully saturated rings. The number of ether oxygens (including phenoxy) is 1. The molecule has 1 aliphatic heterocycles. The lowest BCUT2D eigenvalue weighted by molar-refractivity contribution is 0.409. The summed E-state index contributed by atoms with van der Waals surface area (Å²) >= 11 is 6.06. The number of halogens is 1. The summed E-state index contributed by atoms with van der Waals surface area (Å²) in [6.45, 7) is 0.403. The highest BCUT2D eigenvalue weighted by Gasteiger charge is 2.15. The Morgan fingerprint density at radius 2 is 2.30 bits per heavy atom. The minimum absolute atomic E-state index is 0.0409. The maximum absolute atomic E-state index is 6.06. The Morgan fingerprint density at radius 3 is 3.00 bits per heavy atom. The molecule has 1 aliphatic rings. The van der Waals surface area contributed by atoms with Crippen LogP contribution in [0.15, 0.2) is 45.3 Å². The number of aliphatic imine (C=N–C) groups is 3. The molecule has 23 heavy (non-hydrogen) atoms. The van der Waals surface area contributed by atoms with Crippen molar-refractivity contribution in [1.82, 2.24) is 0 Å². The molecule has 2 rings (SSSR count). The first-order valence-corrected chi connectivity index (χ1v) is 7.15. The van der Waals surface area contributed by atoms with Crippen molar-refractivity contribution in [2.45, 2.75) is 0 Å². The molecule has 0 saturated heterocycles. The van der Waals surface area contributed by atoms with Crippen LogP contribution in [-0.4, -0.2) is 31.9 Å². The number of rotatable bonds is 4. The van der Waals surface area contributed by atoms with Gasteiger partial charge in [-0.15, -0.1) is 0 Å². The van der Waals surface area contributed by atoms with E-state index >= 15 is 0 Å². The van der Waals surface area contributed by atoms with Crippen molar-refractivity contribution < 1.29 is 4.74 Å². The second-order valence-corrected chi connectivity index (χ2v) is 5.05. The van der Waals surface area contributed by atoms with Gasteiger partial charge in [0.05, 0.1) is 19.6 Å². The monoisotopic (exact) mass is 329 g/mol. The fraction of sp³-hybridized carbons (Fsp3) is 0.188.